The van der Waals surface area contributed by atoms with Gasteiger partial charge in [-0.1, -0.05) is 24.6 Å². The molecule has 1 unspecified atom stereocenters. The number of carbonyl (C=O) groups excluding carboxylic acids is 1. The summed E-state index contributed by atoms with van der Waals surface area (Å²) in [6, 6.07) is 7.68. The molecule has 108 valence electrons. The summed E-state index contributed by atoms with van der Waals surface area (Å²) in [5, 5.41) is 9.27. The van der Waals surface area contributed by atoms with Crippen molar-refractivity contribution in [1.29, 1.82) is 0 Å². The van der Waals surface area contributed by atoms with Crippen LogP contribution in [0.2, 0.25) is 0 Å². The molecule has 0 radical (unpaired) electrons. The van der Waals surface area contributed by atoms with Crippen molar-refractivity contribution in [1.82, 2.24) is 0 Å². The Kier molecular flexibility index (Phi) is 4.12. The van der Waals surface area contributed by atoms with E-state index in [4.69, 9.17) is 0 Å². The Hall–Kier alpha value is -1.84. The Morgan fingerprint density at radius 1 is 1.15 bits per heavy atom. The van der Waals surface area contributed by atoms with Crippen molar-refractivity contribution < 1.29 is 14.7 Å². The van der Waals surface area contributed by atoms with Gasteiger partial charge in [0.05, 0.1) is 11.8 Å². The highest BCUT2D eigenvalue weighted by atomic mass is 16.4. The van der Waals surface area contributed by atoms with E-state index in [0.717, 1.165) is 11.3 Å². The number of aliphatic carboxylic acids is 1. The molecule has 1 aliphatic rings. The fourth-order valence-electron chi connectivity index (χ4n) is 2.98. The molecule has 4 heteroatoms. The van der Waals surface area contributed by atoms with E-state index in [-0.39, 0.29) is 11.8 Å². The van der Waals surface area contributed by atoms with Crippen LogP contribution in [0.15, 0.2) is 24.3 Å². The number of amides is 1. The second-order valence-corrected chi connectivity index (χ2v) is 5.86. The quantitative estimate of drug-likeness (QED) is 0.922. The predicted molar refractivity (Wildman–Crippen MR) is 77.6 cm³/mol. The molecule has 0 heterocycles. The fourth-order valence-corrected chi connectivity index (χ4v) is 2.98. The third-order valence-corrected chi connectivity index (χ3v) is 4.18. The van der Waals surface area contributed by atoms with Crippen LogP contribution in [0.3, 0.4) is 0 Å². The van der Waals surface area contributed by atoms with Gasteiger partial charge in [0.15, 0.2) is 0 Å². The van der Waals surface area contributed by atoms with Crippen molar-refractivity contribution in [2.75, 3.05) is 11.9 Å². The van der Waals surface area contributed by atoms with Gasteiger partial charge in [-0.3, -0.25) is 9.59 Å². The smallest absolute Gasteiger partial charge is 0.307 e. The standard InChI is InChI=1S/C16H21NO3/c1-10-4-6-12(7-5-10)17(3)15(18)13-8-11(2)9-14(13)16(19)20/h4-7,11,13-14H,8-9H2,1-3H3,(H,19,20)/t11?,13-,14+/m0/s1. The SMILES string of the molecule is Cc1ccc(N(C)C(=O)[C@H]2CC(C)C[C@H]2C(=O)O)cc1. The van der Waals surface area contributed by atoms with Crippen molar-refractivity contribution in [3.8, 4) is 0 Å². The molecule has 1 fully saturated rings. The van der Waals surface area contributed by atoms with Crippen LogP contribution in [-0.2, 0) is 9.59 Å². The van der Waals surface area contributed by atoms with Gasteiger partial charge in [-0.2, -0.15) is 0 Å². The average Bonchev–Trinajstić information content (AvgIpc) is 2.80. The molecule has 1 amide bonds. The third kappa shape index (κ3) is 2.84. The molecule has 0 bridgehead atoms. The lowest BCUT2D eigenvalue weighted by molar-refractivity contribution is -0.145. The van der Waals surface area contributed by atoms with E-state index in [1.54, 1.807) is 11.9 Å². The van der Waals surface area contributed by atoms with Crippen molar-refractivity contribution in [2.45, 2.75) is 26.7 Å². The van der Waals surface area contributed by atoms with Crippen LogP contribution >= 0.6 is 0 Å². The lowest BCUT2D eigenvalue weighted by Gasteiger charge is -2.23. The number of hydrogen-bond donors (Lipinski definition) is 1. The van der Waals surface area contributed by atoms with Gasteiger partial charge in [-0.05, 0) is 37.8 Å². The van der Waals surface area contributed by atoms with Crippen LogP contribution in [0.5, 0.6) is 0 Å². The van der Waals surface area contributed by atoms with Crippen molar-refractivity contribution in [3.63, 3.8) is 0 Å². The highest BCUT2D eigenvalue weighted by Gasteiger charge is 2.42. The Bertz CT molecular complexity index is 509. The summed E-state index contributed by atoms with van der Waals surface area (Å²) >= 11 is 0. The molecule has 0 aromatic heterocycles. The number of rotatable bonds is 3. The topological polar surface area (TPSA) is 57.6 Å². The summed E-state index contributed by atoms with van der Waals surface area (Å²) in [7, 11) is 1.72. The molecule has 1 N–H and O–H groups in total. The van der Waals surface area contributed by atoms with Crippen LogP contribution < -0.4 is 4.90 Å². The zero-order valence-electron chi connectivity index (χ0n) is 12.2. The summed E-state index contributed by atoms with van der Waals surface area (Å²) in [6.07, 6.45) is 1.25. The Labute approximate surface area is 119 Å². The number of benzene rings is 1. The van der Waals surface area contributed by atoms with Gasteiger partial charge in [-0.15, -0.1) is 0 Å². The molecule has 0 aliphatic heterocycles. The van der Waals surface area contributed by atoms with Crippen LogP contribution in [0.25, 0.3) is 0 Å². The zero-order chi connectivity index (χ0) is 14.9. The number of aryl methyl sites for hydroxylation is 1. The first kappa shape index (κ1) is 14.6. The predicted octanol–water partition coefficient (Wildman–Crippen LogP) is 2.70. The van der Waals surface area contributed by atoms with Crippen molar-refractivity contribution >= 4 is 17.6 Å². The lowest BCUT2D eigenvalue weighted by Crippen LogP contribution is -2.36. The number of carbonyl (C=O) groups is 2. The summed E-state index contributed by atoms with van der Waals surface area (Å²) < 4.78 is 0. The highest BCUT2D eigenvalue weighted by molar-refractivity contribution is 5.97. The van der Waals surface area contributed by atoms with Crippen LogP contribution in [0, 0.1) is 24.7 Å². The maximum Gasteiger partial charge on any atom is 0.307 e. The van der Waals surface area contributed by atoms with Crippen molar-refractivity contribution in [2.24, 2.45) is 17.8 Å². The third-order valence-electron chi connectivity index (χ3n) is 4.18. The van der Waals surface area contributed by atoms with E-state index in [1.165, 1.54) is 0 Å². The minimum Gasteiger partial charge on any atom is -0.481 e. The highest BCUT2D eigenvalue weighted by Crippen LogP contribution is 2.38. The first-order valence-electron chi connectivity index (χ1n) is 6.97. The summed E-state index contributed by atoms with van der Waals surface area (Å²) in [5.74, 6) is -1.62. The Balaban J connectivity index is 2.17. The van der Waals surface area contributed by atoms with E-state index in [2.05, 4.69) is 0 Å². The van der Waals surface area contributed by atoms with E-state index >= 15 is 0 Å². The molecule has 1 aliphatic carbocycles. The molecule has 1 saturated carbocycles. The fraction of sp³-hybridized carbons (Fsp3) is 0.500. The van der Waals surface area contributed by atoms with Gasteiger partial charge >= 0.3 is 5.97 Å². The zero-order valence-corrected chi connectivity index (χ0v) is 12.2. The molecule has 1 aromatic carbocycles. The maximum absolute atomic E-state index is 12.6. The molecule has 3 atom stereocenters. The number of carboxylic acids is 1. The Morgan fingerprint density at radius 2 is 1.70 bits per heavy atom. The first-order chi connectivity index (χ1) is 9.40. The number of nitrogens with zero attached hydrogens (tertiary/aromatic N) is 1. The molecule has 1 aromatic rings. The largest absolute Gasteiger partial charge is 0.481 e. The van der Waals surface area contributed by atoms with Gasteiger partial charge in [-0.25, -0.2) is 0 Å². The van der Waals surface area contributed by atoms with Gasteiger partial charge in [0, 0.05) is 12.7 Å². The first-order valence-corrected chi connectivity index (χ1v) is 6.97. The maximum atomic E-state index is 12.6. The van der Waals surface area contributed by atoms with Gasteiger partial charge in [0.1, 0.15) is 0 Å². The van der Waals surface area contributed by atoms with E-state index < -0.39 is 17.8 Å². The van der Waals surface area contributed by atoms with Gasteiger partial charge < -0.3 is 10.0 Å². The molecule has 0 spiro atoms. The molecule has 0 saturated heterocycles. The molecular formula is C16H21NO3. The van der Waals surface area contributed by atoms with Crippen molar-refractivity contribution in [3.05, 3.63) is 29.8 Å². The van der Waals surface area contributed by atoms with Crippen LogP contribution in [0.1, 0.15) is 25.3 Å². The monoisotopic (exact) mass is 275 g/mol. The minimum atomic E-state index is -0.856. The average molecular weight is 275 g/mol. The molecule has 20 heavy (non-hydrogen) atoms. The number of hydrogen-bond acceptors (Lipinski definition) is 2. The van der Waals surface area contributed by atoms with E-state index in [0.29, 0.717) is 12.8 Å². The van der Waals surface area contributed by atoms with Crippen LogP contribution in [0.4, 0.5) is 5.69 Å². The van der Waals surface area contributed by atoms with Gasteiger partial charge in [0.2, 0.25) is 5.91 Å². The lowest BCUT2D eigenvalue weighted by atomic mass is 9.94. The summed E-state index contributed by atoms with van der Waals surface area (Å²) in [6.45, 7) is 4.00. The summed E-state index contributed by atoms with van der Waals surface area (Å²) in [4.78, 5) is 25.4. The summed E-state index contributed by atoms with van der Waals surface area (Å²) in [5.41, 5.74) is 1.94. The van der Waals surface area contributed by atoms with Crippen LogP contribution in [-0.4, -0.2) is 24.0 Å². The second kappa shape index (κ2) is 5.65. The normalized spacial score (nSPS) is 25.4. The minimum absolute atomic E-state index is 0.0920. The molecule has 2 rings (SSSR count). The molecular weight excluding hydrogens is 254 g/mol. The van der Waals surface area contributed by atoms with E-state index in [9.17, 15) is 14.7 Å². The Morgan fingerprint density at radius 3 is 2.25 bits per heavy atom. The second-order valence-electron chi connectivity index (χ2n) is 5.86. The van der Waals surface area contributed by atoms with Gasteiger partial charge in [0.25, 0.3) is 0 Å². The van der Waals surface area contributed by atoms with E-state index in [1.807, 2.05) is 38.1 Å². The number of carboxylic acid groups (broad SMARTS) is 1. The molecule has 4 nitrogen and oxygen atoms in total. The number of anilines is 1.